The van der Waals surface area contributed by atoms with Crippen LogP contribution in [0, 0.1) is 0 Å². The lowest BCUT2D eigenvalue weighted by Crippen LogP contribution is -2.30. The molecule has 0 aliphatic heterocycles. The molecule has 0 spiro atoms. The van der Waals surface area contributed by atoms with Gasteiger partial charge in [-0.2, -0.15) is 4.98 Å². The van der Waals surface area contributed by atoms with Crippen LogP contribution < -0.4 is 5.32 Å². The Kier molecular flexibility index (Phi) is 5.56. The van der Waals surface area contributed by atoms with Crippen LogP contribution in [0.2, 0.25) is 5.02 Å². The quantitative estimate of drug-likeness (QED) is 0.845. The monoisotopic (exact) mass is 293 g/mol. The largest absolute Gasteiger partial charge is 0.339 e. The molecule has 0 aliphatic rings. The van der Waals surface area contributed by atoms with E-state index in [9.17, 15) is 0 Å². The van der Waals surface area contributed by atoms with Crippen molar-refractivity contribution in [1.29, 1.82) is 0 Å². The molecule has 108 valence electrons. The summed E-state index contributed by atoms with van der Waals surface area (Å²) >= 11 is 5.97. The summed E-state index contributed by atoms with van der Waals surface area (Å²) in [5.41, 5.74) is 0.878. The van der Waals surface area contributed by atoms with E-state index in [0.29, 0.717) is 22.8 Å². The maximum atomic E-state index is 5.97. The summed E-state index contributed by atoms with van der Waals surface area (Å²) in [5, 5.41) is 8.14. The van der Waals surface area contributed by atoms with Gasteiger partial charge in [-0.3, -0.25) is 0 Å². The fraction of sp³-hybridized carbons (Fsp3) is 0.467. The zero-order valence-electron chi connectivity index (χ0n) is 11.9. The molecule has 1 unspecified atom stereocenters. The highest BCUT2D eigenvalue weighted by Crippen LogP contribution is 2.20. The van der Waals surface area contributed by atoms with E-state index in [1.165, 1.54) is 0 Å². The predicted octanol–water partition coefficient (Wildman–Crippen LogP) is 3.71. The van der Waals surface area contributed by atoms with Crippen LogP contribution >= 0.6 is 11.6 Å². The molecule has 5 heteroatoms. The zero-order chi connectivity index (χ0) is 14.4. The topological polar surface area (TPSA) is 51.0 Å². The van der Waals surface area contributed by atoms with Crippen LogP contribution in [0.3, 0.4) is 0 Å². The van der Waals surface area contributed by atoms with Gasteiger partial charge in [0.15, 0.2) is 0 Å². The van der Waals surface area contributed by atoms with Crippen LogP contribution in [-0.4, -0.2) is 22.7 Å². The molecule has 2 aromatic rings. The van der Waals surface area contributed by atoms with E-state index in [2.05, 4.69) is 29.3 Å². The lowest BCUT2D eigenvalue weighted by atomic mass is 10.1. The van der Waals surface area contributed by atoms with Gasteiger partial charge in [0, 0.05) is 23.0 Å². The van der Waals surface area contributed by atoms with Crippen LogP contribution in [0.5, 0.6) is 0 Å². The van der Waals surface area contributed by atoms with E-state index in [4.69, 9.17) is 16.1 Å². The summed E-state index contributed by atoms with van der Waals surface area (Å²) in [4.78, 5) is 4.45. The van der Waals surface area contributed by atoms with Gasteiger partial charge in [0.2, 0.25) is 11.7 Å². The van der Waals surface area contributed by atoms with Crippen LogP contribution in [0.1, 0.15) is 32.6 Å². The van der Waals surface area contributed by atoms with Crippen LogP contribution in [0.4, 0.5) is 0 Å². The number of likely N-dealkylation sites (N-methyl/N-ethyl adjacent to an activating group) is 1. The number of hydrogen-bond acceptors (Lipinski definition) is 4. The molecular weight excluding hydrogens is 274 g/mol. The minimum atomic E-state index is 0.387. The Balaban J connectivity index is 2.08. The maximum Gasteiger partial charge on any atom is 0.228 e. The molecule has 0 radical (unpaired) electrons. The summed E-state index contributed by atoms with van der Waals surface area (Å²) in [7, 11) is 0. The number of hydrogen-bond donors (Lipinski definition) is 1. The van der Waals surface area contributed by atoms with E-state index >= 15 is 0 Å². The van der Waals surface area contributed by atoms with Crippen molar-refractivity contribution >= 4 is 11.6 Å². The van der Waals surface area contributed by atoms with E-state index in [0.717, 1.165) is 31.4 Å². The summed E-state index contributed by atoms with van der Waals surface area (Å²) in [6.07, 6.45) is 2.99. The highest BCUT2D eigenvalue weighted by Gasteiger charge is 2.14. The molecule has 1 N–H and O–H groups in total. The lowest BCUT2D eigenvalue weighted by Gasteiger charge is -2.14. The molecule has 1 aromatic carbocycles. The second-order valence-electron chi connectivity index (χ2n) is 4.77. The van der Waals surface area contributed by atoms with Gasteiger partial charge in [-0.05, 0) is 25.1 Å². The van der Waals surface area contributed by atoms with Gasteiger partial charge in [-0.25, -0.2) is 0 Å². The van der Waals surface area contributed by atoms with Crippen LogP contribution in [0.25, 0.3) is 11.4 Å². The third-order valence-corrected chi connectivity index (χ3v) is 3.34. The van der Waals surface area contributed by atoms with E-state index in [1.807, 2.05) is 24.3 Å². The lowest BCUT2D eigenvalue weighted by molar-refractivity contribution is 0.352. The first-order valence-corrected chi connectivity index (χ1v) is 7.42. The number of benzene rings is 1. The third kappa shape index (κ3) is 4.05. The number of nitrogens with one attached hydrogen (secondary N) is 1. The predicted molar refractivity (Wildman–Crippen MR) is 80.8 cm³/mol. The van der Waals surface area contributed by atoms with Crippen molar-refractivity contribution in [3.05, 3.63) is 35.2 Å². The minimum absolute atomic E-state index is 0.387. The molecule has 0 aliphatic carbocycles. The maximum absolute atomic E-state index is 5.97. The molecule has 0 saturated carbocycles. The molecule has 0 saturated heterocycles. The average molecular weight is 294 g/mol. The average Bonchev–Trinajstić information content (AvgIpc) is 2.88. The van der Waals surface area contributed by atoms with Crippen LogP contribution in [0.15, 0.2) is 28.8 Å². The van der Waals surface area contributed by atoms with Gasteiger partial charge in [-0.1, -0.05) is 49.2 Å². The van der Waals surface area contributed by atoms with Gasteiger partial charge in [0.1, 0.15) is 0 Å². The third-order valence-electron chi connectivity index (χ3n) is 3.10. The highest BCUT2D eigenvalue weighted by molar-refractivity contribution is 6.30. The molecule has 1 heterocycles. The summed E-state index contributed by atoms with van der Waals surface area (Å²) in [6, 6.07) is 7.86. The normalized spacial score (nSPS) is 12.6. The number of halogens is 1. The van der Waals surface area contributed by atoms with Crippen molar-refractivity contribution in [2.45, 2.75) is 39.2 Å². The molecule has 0 fully saturated rings. The molecule has 1 atom stereocenters. The Bertz CT molecular complexity index is 535. The van der Waals surface area contributed by atoms with Crippen LogP contribution in [-0.2, 0) is 6.42 Å². The number of rotatable bonds is 7. The van der Waals surface area contributed by atoms with Crippen molar-refractivity contribution in [2.75, 3.05) is 6.54 Å². The van der Waals surface area contributed by atoms with Crippen molar-refractivity contribution < 1.29 is 4.52 Å². The molecule has 0 bridgehead atoms. The fourth-order valence-corrected chi connectivity index (χ4v) is 2.40. The van der Waals surface area contributed by atoms with E-state index in [-0.39, 0.29) is 0 Å². The smallest absolute Gasteiger partial charge is 0.228 e. The standard InChI is InChI=1S/C15H20ClN3O/c1-3-6-13(17-4-2)10-14-18-15(19-20-14)11-7-5-8-12(16)9-11/h5,7-9,13,17H,3-4,6,10H2,1-2H3. The molecular formula is C15H20ClN3O. The Labute approximate surface area is 124 Å². The zero-order valence-corrected chi connectivity index (χ0v) is 12.7. The van der Waals surface area contributed by atoms with Gasteiger partial charge < -0.3 is 9.84 Å². The van der Waals surface area contributed by atoms with Crippen molar-refractivity contribution in [2.24, 2.45) is 0 Å². The molecule has 0 amide bonds. The fourth-order valence-electron chi connectivity index (χ4n) is 2.21. The molecule has 4 nitrogen and oxygen atoms in total. The van der Waals surface area contributed by atoms with Crippen molar-refractivity contribution in [3.63, 3.8) is 0 Å². The molecule has 2 rings (SSSR count). The van der Waals surface area contributed by atoms with Gasteiger partial charge in [0.25, 0.3) is 0 Å². The van der Waals surface area contributed by atoms with Gasteiger partial charge >= 0.3 is 0 Å². The number of aromatic nitrogens is 2. The van der Waals surface area contributed by atoms with Gasteiger partial charge in [0.05, 0.1) is 0 Å². The molecule has 20 heavy (non-hydrogen) atoms. The first kappa shape index (κ1) is 15.0. The first-order chi connectivity index (χ1) is 9.72. The SMILES string of the molecule is CCCC(Cc1nc(-c2cccc(Cl)c2)no1)NCC. The summed E-state index contributed by atoms with van der Waals surface area (Å²) < 4.78 is 5.34. The van der Waals surface area contributed by atoms with Crippen molar-refractivity contribution in [3.8, 4) is 11.4 Å². The highest BCUT2D eigenvalue weighted by atomic mass is 35.5. The van der Waals surface area contributed by atoms with Crippen molar-refractivity contribution in [1.82, 2.24) is 15.5 Å². The summed E-state index contributed by atoms with van der Waals surface area (Å²) in [6.45, 7) is 5.23. The van der Waals surface area contributed by atoms with E-state index < -0.39 is 0 Å². The Morgan fingerprint density at radius 2 is 2.20 bits per heavy atom. The Morgan fingerprint density at radius 3 is 2.90 bits per heavy atom. The minimum Gasteiger partial charge on any atom is -0.339 e. The first-order valence-electron chi connectivity index (χ1n) is 7.04. The Morgan fingerprint density at radius 1 is 1.35 bits per heavy atom. The summed E-state index contributed by atoms with van der Waals surface area (Å²) in [5.74, 6) is 1.26. The van der Waals surface area contributed by atoms with Gasteiger partial charge in [-0.15, -0.1) is 0 Å². The molecule has 1 aromatic heterocycles. The van der Waals surface area contributed by atoms with E-state index in [1.54, 1.807) is 0 Å². The number of nitrogens with zero attached hydrogens (tertiary/aromatic N) is 2. The second kappa shape index (κ2) is 7.41. The second-order valence-corrected chi connectivity index (χ2v) is 5.21. The Hall–Kier alpha value is -1.39.